The number of rotatable bonds is 7. The van der Waals surface area contributed by atoms with Gasteiger partial charge >= 0.3 is 5.69 Å². The van der Waals surface area contributed by atoms with E-state index in [1.165, 1.54) is 6.33 Å². The molecule has 0 saturated heterocycles. The summed E-state index contributed by atoms with van der Waals surface area (Å²) in [4.78, 5) is 23.9. The van der Waals surface area contributed by atoms with Crippen molar-refractivity contribution in [1.82, 2.24) is 15.0 Å². The van der Waals surface area contributed by atoms with E-state index in [2.05, 4.69) is 25.7 Å². The number of pyridine rings is 1. The first-order chi connectivity index (χ1) is 15.1. The van der Waals surface area contributed by atoms with Crippen LogP contribution in [-0.4, -0.2) is 19.9 Å². The Morgan fingerprint density at radius 1 is 0.871 bits per heavy atom. The number of nitro groups is 1. The topological polar surface area (TPSA) is 109 Å². The Kier molecular flexibility index (Phi) is 5.66. The Bertz CT molecular complexity index is 1150. The number of aryl methyl sites for hydroxylation is 1. The van der Waals surface area contributed by atoms with Crippen LogP contribution in [0.25, 0.3) is 0 Å². The fourth-order valence-corrected chi connectivity index (χ4v) is 2.99. The molecule has 9 nitrogen and oxygen atoms in total. The summed E-state index contributed by atoms with van der Waals surface area (Å²) in [6.45, 7) is 1.91. The fourth-order valence-electron chi connectivity index (χ4n) is 2.99. The van der Waals surface area contributed by atoms with Gasteiger partial charge in [0.1, 0.15) is 12.1 Å². The first-order valence-electron chi connectivity index (χ1n) is 9.48. The largest absolute Gasteiger partial charge is 0.355 e. The summed E-state index contributed by atoms with van der Waals surface area (Å²) in [5.74, 6) is 0.542. The Morgan fingerprint density at radius 2 is 1.48 bits per heavy atom. The summed E-state index contributed by atoms with van der Waals surface area (Å²) >= 11 is 0. The van der Waals surface area contributed by atoms with Crippen molar-refractivity contribution >= 4 is 34.5 Å². The van der Waals surface area contributed by atoms with Crippen LogP contribution in [0.5, 0.6) is 0 Å². The highest BCUT2D eigenvalue weighted by atomic mass is 16.6. The van der Waals surface area contributed by atoms with Crippen LogP contribution in [0.1, 0.15) is 5.56 Å². The molecule has 2 heterocycles. The zero-order chi connectivity index (χ0) is 21.6. The van der Waals surface area contributed by atoms with Gasteiger partial charge in [0.05, 0.1) is 16.3 Å². The molecule has 2 N–H and O–H groups in total. The SMILES string of the molecule is Cc1ccnc(Nc2ncnc(NN(c3ccccc3)c3ccccc3)c2[N+](=O)[O-])c1. The van der Waals surface area contributed by atoms with Gasteiger partial charge in [-0.1, -0.05) is 36.4 Å². The first kappa shape index (κ1) is 19.8. The van der Waals surface area contributed by atoms with E-state index in [-0.39, 0.29) is 17.3 Å². The van der Waals surface area contributed by atoms with Crippen LogP contribution in [0.3, 0.4) is 0 Å². The number of hydrogen-bond donors (Lipinski definition) is 2. The number of aromatic nitrogens is 3. The van der Waals surface area contributed by atoms with E-state index < -0.39 is 4.92 Å². The molecule has 2 aromatic heterocycles. The Morgan fingerprint density at radius 3 is 2.06 bits per heavy atom. The predicted octanol–water partition coefficient (Wildman–Crippen LogP) is 5.00. The standard InChI is InChI=1S/C22H19N7O2/c1-16-12-13-23-19(14-16)26-21-20(29(30)31)22(25-15-24-21)27-28(17-8-4-2-5-9-17)18-10-6-3-7-11-18/h2-15H,1H3,(H2,23,24,25,26,27). The molecule has 0 atom stereocenters. The van der Waals surface area contributed by atoms with Crippen LogP contribution < -0.4 is 15.8 Å². The number of nitrogens with zero attached hydrogens (tertiary/aromatic N) is 5. The van der Waals surface area contributed by atoms with E-state index in [4.69, 9.17) is 0 Å². The molecule has 9 heteroatoms. The van der Waals surface area contributed by atoms with Gasteiger partial charge in [0.25, 0.3) is 0 Å². The van der Waals surface area contributed by atoms with Crippen LogP contribution in [0.15, 0.2) is 85.3 Å². The number of hydrazine groups is 1. The third kappa shape index (κ3) is 4.56. The first-order valence-corrected chi connectivity index (χ1v) is 9.48. The van der Waals surface area contributed by atoms with Crippen LogP contribution >= 0.6 is 0 Å². The number of benzene rings is 2. The van der Waals surface area contributed by atoms with Gasteiger partial charge in [0, 0.05) is 6.20 Å². The van der Waals surface area contributed by atoms with Gasteiger partial charge in [-0.2, -0.15) is 0 Å². The predicted molar refractivity (Wildman–Crippen MR) is 120 cm³/mol. The van der Waals surface area contributed by atoms with Crippen molar-refractivity contribution in [2.45, 2.75) is 6.92 Å². The van der Waals surface area contributed by atoms with Crippen molar-refractivity contribution < 1.29 is 4.92 Å². The molecular formula is C22H19N7O2. The van der Waals surface area contributed by atoms with Gasteiger partial charge in [-0.25, -0.2) is 15.0 Å². The highest BCUT2D eigenvalue weighted by Gasteiger charge is 2.25. The van der Waals surface area contributed by atoms with Gasteiger partial charge in [0.2, 0.25) is 11.6 Å². The molecular weight excluding hydrogens is 394 g/mol. The maximum Gasteiger partial charge on any atom is 0.355 e. The van der Waals surface area contributed by atoms with Crippen molar-refractivity contribution in [3.05, 3.63) is 101 Å². The van der Waals surface area contributed by atoms with E-state index in [9.17, 15) is 10.1 Å². The van der Waals surface area contributed by atoms with Gasteiger partial charge < -0.3 is 5.32 Å². The fraction of sp³-hybridized carbons (Fsp3) is 0.0455. The van der Waals surface area contributed by atoms with Crippen molar-refractivity contribution in [3.63, 3.8) is 0 Å². The average Bonchev–Trinajstić information content (AvgIpc) is 2.78. The normalized spacial score (nSPS) is 10.4. The quantitative estimate of drug-likeness (QED) is 0.322. The molecule has 154 valence electrons. The van der Waals surface area contributed by atoms with Crippen molar-refractivity contribution in [2.24, 2.45) is 0 Å². The van der Waals surface area contributed by atoms with Crippen LogP contribution in [0.4, 0.5) is 34.5 Å². The summed E-state index contributed by atoms with van der Waals surface area (Å²) in [5.41, 5.74) is 5.33. The van der Waals surface area contributed by atoms with Gasteiger partial charge in [-0.05, 0) is 48.9 Å². The number of para-hydroxylation sites is 2. The van der Waals surface area contributed by atoms with Gasteiger partial charge in [-0.3, -0.25) is 20.5 Å². The lowest BCUT2D eigenvalue weighted by Gasteiger charge is -2.26. The molecule has 0 amide bonds. The molecule has 31 heavy (non-hydrogen) atoms. The Hall–Kier alpha value is -4.53. The average molecular weight is 413 g/mol. The lowest BCUT2D eigenvalue weighted by molar-refractivity contribution is -0.383. The van der Waals surface area contributed by atoms with E-state index in [1.807, 2.05) is 73.7 Å². The second-order valence-electron chi connectivity index (χ2n) is 6.64. The minimum absolute atomic E-state index is 0.0432. The molecule has 4 rings (SSSR count). The summed E-state index contributed by atoms with van der Waals surface area (Å²) in [6, 6.07) is 22.5. The van der Waals surface area contributed by atoms with E-state index in [0.29, 0.717) is 5.82 Å². The lowest BCUT2D eigenvalue weighted by Crippen LogP contribution is -2.26. The van der Waals surface area contributed by atoms with Crippen molar-refractivity contribution in [1.29, 1.82) is 0 Å². The Labute approximate surface area is 178 Å². The molecule has 0 radical (unpaired) electrons. The van der Waals surface area contributed by atoms with E-state index >= 15 is 0 Å². The minimum Gasteiger partial charge on any atom is -0.319 e. The van der Waals surface area contributed by atoms with E-state index in [1.54, 1.807) is 17.3 Å². The summed E-state index contributed by atoms with van der Waals surface area (Å²) in [7, 11) is 0. The maximum absolute atomic E-state index is 12.0. The summed E-state index contributed by atoms with van der Waals surface area (Å²) < 4.78 is 0. The molecule has 0 aliphatic heterocycles. The van der Waals surface area contributed by atoms with Crippen LogP contribution in [0, 0.1) is 17.0 Å². The second kappa shape index (κ2) is 8.87. The van der Waals surface area contributed by atoms with Crippen LogP contribution in [-0.2, 0) is 0 Å². The molecule has 0 aliphatic carbocycles. The lowest BCUT2D eigenvalue weighted by atomic mass is 10.2. The second-order valence-corrected chi connectivity index (χ2v) is 6.64. The Balaban J connectivity index is 1.75. The number of hydrogen-bond acceptors (Lipinski definition) is 8. The maximum atomic E-state index is 12.0. The smallest absolute Gasteiger partial charge is 0.319 e. The third-order valence-electron chi connectivity index (χ3n) is 4.41. The molecule has 0 spiro atoms. The molecule has 0 aliphatic rings. The van der Waals surface area contributed by atoms with E-state index in [0.717, 1.165) is 16.9 Å². The zero-order valence-electron chi connectivity index (χ0n) is 16.6. The highest BCUT2D eigenvalue weighted by molar-refractivity contribution is 5.76. The summed E-state index contributed by atoms with van der Waals surface area (Å²) in [5, 5.41) is 16.6. The molecule has 4 aromatic rings. The molecule has 0 fully saturated rings. The molecule has 2 aromatic carbocycles. The monoisotopic (exact) mass is 413 g/mol. The highest BCUT2D eigenvalue weighted by Crippen LogP contribution is 2.33. The molecule has 0 saturated carbocycles. The van der Waals surface area contributed by atoms with Gasteiger partial charge in [0.15, 0.2) is 0 Å². The van der Waals surface area contributed by atoms with Crippen molar-refractivity contribution in [3.8, 4) is 0 Å². The third-order valence-corrected chi connectivity index (χ3v) is 4.41. The zero-order valence-corrected chi connectivity index (χ0v) is 16.6. The van der Waals surface area contributed by atoms with Crippen LogP contribution in [0.2, 0.25) is 0 Å². The van der Waals surface area contributed by atoms with Gasteiger partial charge in [-0.15, -0.1) is 0 Å². The number of anilines is 5. The van der Waals surface area contributed by atoms with Crippen molar-refractivity contribution in [2.75, 3.05) is 15.8 Å². The summed E-state index contributed by atoms with van der Waals surface area (Å²) in [6.07, 6.45) is 2.89. The molecule has 0 unspecified atom stereocenters. The minimum atomic E-state index is -0.519. The molecule has 0 bridgehead atoms. The number of nitrogens with one attached hydrogen (secondary N) is 2.